The molecule has 0 aromatic heterocycles. The largest absolute Gasteiger partial charge is 0.352 e. The lowest BCUT2D eigenvalue weighted by molar-refractivity contribution is -0.126. The van der Waals surface area contributed by atoms with Crippen molar-refractivity contribution in [2.75, 3.05) is 32.9 Å². The third-order valence-corrected chi connectivity index (χ3v) is 5.94. The summed E-state index contributed by atoms with van der Waals surface area (Å²) in [5.74, 6) is -0.331. The summed E-state index contributed by atoms with van der Waals surface area (Å²) < 4.78 is 24.8. The third kappa shape index (κ3) is 6.09. The fourth-order valence-corrected chi connectivity index (χ4v) is 3.96. The van der Waals surface area contributed by atoms with Crippen LogP contribution in [-0.4, -0.2) is 56.5 Å². The Bertz CT molecular complexity index is 691. The summed E-state index contributed by atoms with van der Waals surface area (Å²) in [4.78, 5) is 14.6. The zero-order valence-electron chi connectivity index (χ0n) is 15.4. The smallest absolute Gasteiger partial charge is 0.224 e. The van der Waals surface area contributed by atoms with Gasteiger partial charge in [0, 0.05) is 26.2 Å². The second-order valence-electron chi connectivity index (χ2n) is 6.83. The standard InChI is InChI=1S/C18H29N3O3S/c1-4-20(2)13-16-8-5-7-15(11-16)12-19-18(22)17-9-6-10-21(14-17)25(3,23)24/h5,7-8,11,17H,4,6,9-10,12-14H2,1-3H3,(H,19,22)/t17-/m0/s1. The minimum atomic E-state index is -3.23. The van der Waals surface area contributed by atoms with E-state index in [0.717, 1.165) is 31.5 Å². The van der Waals surface area contributed by atoms with Gasteiger partial charge in [0.25, 0.3) is 0 Å². The Morgan fingerprint density at radius 1 is 1.36 bits per heavy atom. The van der Waals surface area contributed by atoms with Gasteiger partial charge >= 0.3 is 0 Å². The number of amides is 1. The van der Waals surface area contributed by atoms with Crippen molar-refractivity contribution in [3.8, 4) is 0 Å². The van der Waals surface area contributed by atoms with Crippen LogP contribution in [0, 0.1) is 5.92 Å². The SMILES string of the molecule is CCN(C)Cc1cccc(CNC(=O)[C@H]2CCCN(S(C)(=O)=O)C2)c1. The highest BCUT2D eigenvalue weighted by atomic mass is 32.2. The Labute approximate surface area is 151 Å². The maximum atomic E-state index is 12.4. The van der Waals surface area contributed by atoms with Crippen LogP contribution in [0.15, 0.2) is 24.3 Å². The van der Waals surface area contributed by atoms with Crippen molar-refractivity contribution < 1.29 is 13.2 Å². The number of hydrogen-bond acceptors (Lipinski definition) is 4. The van der Waals surface area contributed by atoms with Gasteiger partial charge in [-0.25, -0.2) is 12.7 Å². The summed E-state index contributed by atoms with van der Waals surface area (Å²) in [6.07, 6.45) is 2.66. The lowest BCUT2D eigenvalue weighted by atomic mass is 9.98. The van der Waals surface area contributed by atoms with Crippen molar-refractivity contribution in [2.24, 2.45) is 5.92 Å². The molecule has 6 nitrogen and oxygen atoms in total. The number of carbonyl (C=O) groups is 1. The molecule has 0 saturated carbocycles. The van der Waals surface area contributed by atoms with E-state index in [9.17, 15) is 13.2 Å². The molecular weight excluding hydrogens is 338 g/mol. The maximum Gasteiger partial charge on any atom is 0.224 e. The van der Waals surface area contributed by atoms with Gasteiger partial charge in [-0.1, -0.05) is 31.2 Å². The fourth-order valence-electron chi connectivity index (χ4n) is 3.05. The molecule has 1 amide bonds. The first-order valence-corrected chi connectivity index (χ1v) is 10.6. The van der Waals surface area contributed by atoms with E-state index < -0.39 is 10.0 Å². The molecule has 1 aliphatic heterocycles. The van der Waals surface area contributed by atoms with E-state index in [0.29, 0.717) is 13.1 Å². The van der Waals surface area contributed by atoms with E-state index in [1.165, 1.54) is 16.1 Å². The molecule has 0 radical (unpaired) electrons. The first kappa shape index (κ1) is 19.9. The first-order chi connectivity index (χ1) is 11.8. The zero-order valence-corrected chi connectivity index (χ0v) is 16.2. The van der Waals surface area contributed by atoms with Crippen molar-refractivity contribution in [3.63, 3.8) is 0 Å². The van der Waals surface area contributed by atoms with Gasteiger partial charge in [0.1, 0.15) is 0 Å². The maximum absolute atomic E-state index is 12.4. The highest BCUT2D eigenvalue weighted by Crippen LogP contribution is 2.19. The molecule has 0 unspecified atom stereocenters. The van der Waals surface area contributed by atoms with Gasteiger partial charge < -0.3 is 10.2 Å². The molecule has 1 heterocycles. The van der Waals surface area contributed by atoms with Crippen molar-refractivity contribution in [3.05, 3.63) is 35.4 Å². The normalized spacial score (nSPS) is 19.1. The number of benzene rings is 1. The Morgan fingerprint density at radius 3 is 2.76 bits per heavy atom. The van der Waals surface area contributed by atoms with Crippen LogP contribution < -0.4 is 5.32 Å². The number of piperidine rings is 1. The number of sulfonamides is 1. The number of nitrogens with one attached hydrogen (secondary N) is 1. The molecule has 1 aromatic rings. The number of carbonyl (C=O) groups excluding carboxylic acids is 1. The lowest BCUT2D eigenvalue weighted by Crippen LogP contribution is -2.44. The summed E-state index contributed by atoms with van der Waals surface area (Å²) >= 11 is 0. The monoisotopic (exact) mass is 367 g/mol. The third-order valence-electron chi connectivity index (χ3n) is 4.67. The molecule has 0 aliphatic carbocycles. The van der Waals surface area contributed by atoms with Crippen LogP contribution in [0.1, 0.15) is 30.9 Å². The predicted octanol–water partition coefficient (Wildman–Crippen LogP) is 1.43. The molecule has 1 aromatic carbocycles. The number of nitrogens with zero attached hydrogens (tertiary/aromatic N) is 2. The molecule has 0 bridgehead atoms. The summed E-state index contributed by atoms with van der Waals surface area (Å²) in [6, 6.07) is 8.20. The minimum Gasteiger partial charge on any atom is -0.352 e. The van der Waals surface area contributed by atoms with Gasteiger partial charge in [0.2, 0.25) is 15.9 Å². The highest BCUT2D eigenvalue weighted by molar-refractivity contribution is 7.88. The fraction of sp³-hybridized carbons (Fsp3) is 0.611. The summed E-state index contributed by atoms with van der Waals surface area (Å²) in [5, 5.41) is 2.96. The molecule has 0 spiro atoms. The molecule has 25 heavy (non-hydrogen) atoms. The summed E-state index contributed by atoms with van der Waals surface area (Å²) in [5.41, 5.74) is 2.28. The van der Waals surface area contributed by atoms with Crippen molar-refractivity contribution in [2.45, 2.75) is 32.9 Å². The molecule has 1 N–H and O–H groups in total. The second kappa shape index (κ2) is 8.78. The second-order valence-corrected chi connectivity index (χ2v) is 8.81. The van der Waals surface area contributed by atoms with Gasteiger partial charge in [0.15, 0.2) is 0 Å². The Hall–Kier alpha value is -1.44. The zero-order chi connectivity index (χ0) is 18.4. The van der Waals surface area contributed by atoms with E-state index in [1.807, 2.05) is 12.1 Å². The number of rotatable bonds is 7. The minimum absolute atomic E-state index is 0.0653. The van der Waals surface area contributed by atoms with Crippen molar-refractivity contribution in [1.29, 1.82) is 0 Å². The molecule has 140 valence electrons. The highest BCUT2D eigenvalue weighted by Gasteiger charge is 2.29. The van der Waals surface area contributed by atoms with Crippen LogP contribution in [0.4, 0.5) is 0 Å². The van der Waals surface area contributed by atoms with E-state index in [2.05, 4.69) is 36.3 Å². The van der Waals surface area contributed by atoms with Gasteiger partial charge in [0.05, 0.1) is 12.2 Å². The van der Waals surface area contributed by atoms with Crippen LogP contribution in [-0.2, 0) is 27.9 Å². The predicted molar refractivity (Wildman–Crippen MR) is 99.4 cm³/mol. The molecule has 2 rings (SSSR count). The van der Waals surface area contributed by atoms with Crippen LogP contribution in [0.2, 0.25) is 0 Å². The number of hydrogen-bond donors (Lipinski definition) is 1. The van der Waals surface area contributed by atoms with Crippen molar-refractivity contribution in [1.82, 2.24) is 14.5 Å². The Morgan fingerprint density at radius 2 is 2.08 bits per heavy atom. The van der Waals surface area contributed by atoms with Gasteiger partial charge in [-0.05, 0) is 37.6 Å². The molecule has 1 atom stereocenters. The first-order valence-electron chi connectivity index (χ1n) is 8.78. The Balaban J connectivity index is 1.90. The average molecular weight is 368 g/mol. The van der Waals surface area contributed by atoms with Crippen LogP contribution in [0.5, 0.6) is 0 Å². The summed E-state index contributed by atoms with van der Waals surface area (Å²) in [7, 11) is -1.16. The van der Waals surface area contributed by atoms with Gasteiger partial charge in [-0.15, -0.1) is 0 Å². The summed E-state index contributed by atoms with van der Waals surface area (Å²) in [6.45, 7) is 5.25. The average Bonchev–Trinajstić information content (AvgIpc) is 2.59. The van der Waals surface area contributed by atoms with Gasteiger partial charge in [-0.3, -0.25) is 4.79 Å². The van der Waals surface area contributed by atoms with Crippen LogP contribution in [0.3, 0.4) is 0 Å². The van der Waals surface area contributed by atoms with E-state index in [4.69, 9.17) is 0 Å². The molecule has 1 fully saturated rings. The van der Waals surface area contributed by atoms with Crippen molar-refractivity contribution >= 4 is 15.9 Å². The van der Waals surface area contributed by atoms with E-state index >= 15 is 0 Å². The molecular formula is C18H29N3O3S. The lowest BCUT2D eigenvalue weighted by Gasteiger charge is -2.30. The molecule has 7 heteroatoms. The van der Waals surface area contributed by atoms with Crippen LogP contribution >= 0.6 is 0 Å². The Kier molecular flexibility index (Phi) is 6.98. The molecule has 1 saturated heterocycles. The quantitative estimate of drug-likeness (QED) is 0.791. The van der Waals surface area contributed by atoms with Gasteiger partial charge in [-0.2, -0.15) is 0 Å². The van der Waals surface area contributed by atoms with Crippen LogP contribution in [0.25, 0.3) is 0 Å². The van der Waals surface area contributed by atoms with E-state index in [1.54, 1.807) is 0 Å². The topological polar surface area (TPSA) is 69.7 Å². The van der Waals surface area contributed by atoms with E-state index in [-0.39, 0.29) is 18.4 Å². The molecule has 1 aliphatic rings.